The van der Waals surface area contributed by atoms with Crippen LogP contribution in [-0.2, 0) is 4.79 Å². The second kappa shape index (κ2) is 9.37. The molecule has 20 heavy (non-hydrogen) atoms. The summed E-state index contributed by atoms with van der Waals surface area (Å²) in [5.74, 6) is 1.44. The molecule has 1 rings (SSSR count). The molecule has 4 heteroatoms. The van der Waals surface area contributed by atoms with Crippen molar-refractivity contribution in [1.29, 1.82) is 0 Å². The van der Waals surface area contributed by atoms with Gasteiger partial charge in [-0.15, -0.1) is 0 Å². The Morgan fingerprint density at radius 3 is 2.55 bits per heavy atom. The van der Waals surface area contributed by atoms with Gasteiger partial charge < -0.3 is 15.4 Å². The molecule has 0 aliphatic carbocycles. The third-order valence-electron chi connectivity index (χ3n) is 3.41. The molecule has 0 fully saturated rings. The lowest BCUT2D eigenvalue weighted by molar-refractivity contribution is -0.121. The Morgan fingerprint density at radius 2 is 1.95 bits per heavy atom. The third-order valence-corrected chi connectivity index (χ3v) is 3.41. The van der Waals surface area contributed by atoms with Crippen LogP contribution in [-0.4, -0.2) is 33.2 Å². The molecule has 0 saturated carbocycles. The minimum atomic E-state index is 0.141. The van der Waals surface area contributed by atoms with Gasteiger partial charge in [-0.2, -0.15) is 0 Å². The maximum Gasteiger partial charge on any atom is 0.220 e. The molecule has 0 bridgehead atoms. The Kier molecular flexibility index (Phi) is 7.73. The molecular weight excluding hydrogens is 252 g/mol. The summed E-state index contributed by atoms with van der Waals surface area (Å²) in [6.45, 7) is 3.79. The summed E-state index contributed by atoms with van der Waals surface area (Å²) in [5.41, 5.74) is 1.27. The minimum Gasteiger partial charge on any atom is -0.497 e. The van der Waals surface area contributed by atoms with E-state index in [1.54, 1.807) is 7.11 Å². The van der Waals surface area contributed by atoms with Gasteiger partial charge >= 0.3 is 0 Å². The fraction of sp³-hybridized carbons (Fsp3) is 0.562. The van der Waals surface area contributed by atoms with Gasteiger partial charge in [0.15, 0.2) is 0 Å². The lowest BCUT2D eigenvalue weighted by Crippen LogP contribution is -2.26. The molecule has 0 aliphatic rings. The number of carbonyl (C=O) groups is 1. The van der Waals surface area contributed by atoms with Crippen molar-refractivity contribution < 1.29 is 9.53 Å². The Balaban J connectivity index is 2.25. The second-order valence-corrected chi connectivity index (χ2v) is 5.02. The van der Waals surface area contributed by atoms with Gasteiger partial charge in [0, 0.05) is 13.0 Å². The molecule has 0 radical (unpaired) electrons. The quantitative estimate of drug-likeness (QED) is 0.682. The van der Waals surface area contributed by atoms with Crippen molar-refractivity contribution in [3.8, 4) is 5.75 Å². The molecule has 112 valence electrons. The van der Waals surface area contributed by atoms with Crippen molar-refractivity contribution in [2.24, 2.45) is 0 Å². The molecule has 2 N–H and O–H groups in total. The summed E-state index contributed by atoms with van der Waals surface area (Å²) < 4.78 is 5.15. The van der Waals surface area contributed by atoms with Crippen LogP contribution in [0.15, 0.2) is 24.3 Å². The first kappa shape index (κ1) is 16.5. The Hall–Kier alpha value is -1.55. The van der Waals surface area contributed by atoms with Gasteiger partial charge in [-0.05, 0) is 50.0 Å². The first-order valence-corrected chi connectivity index (χ1v) is 7.22. The summed E-state index contributed by atoms with van der Waals surface area (Å²) in [6, 6.07) is 8.11. The number of benzene rings is 1. The smallest absolute Gasteiger partial charge is 0.220 e. The predicted octanol–water partition coefficient (Wildman–Crippen LogP) is 2.30. The SMILES string of the molecule is CNCCCC(=O)NCCC(C)c1ccc(OC)cc1. The molecule has 1 unspecified atom stereocenters. The van der Waals surface area contributed by atoms with Gasteiger partial charge in [0.2, 0.25) is 5.91 Å². The number of nitrogens with one attached hydrogen (secondary N) is 2. The van der Waals surface area contributed by atoms with Crippen molar-refractivity contribution in [2.75, 3.05) is 27.2 Å². The Labute approximate surface area is 121 Å². The highest BCUT2D eigenvalue weighted by atomic mass is 16.5. The first-order valence-electron chi connectivity index (χ1n) is 7.22. The van der Waals surface area contributed by atoms with E-state index in [4.69, 9.17) is 4.74 Å². The zero-order valence-corrected chi connectivity index (χ0v) is 12.7. The van der Waals surface area contributed by atoms with E-state index in [0.29, 0.717) is 12.3 Å². The van der Waals surface area contributed by atoms with Gasteiger partial charge in [-0.3, -0.25) is 4.79 Å². The fourth-order valence-corrected chi connectivity index (χ4v) is 2.04. The van der Waals surface area contributed by atoms with Gasteiger partial charge in [0.1, 0.15) is 5.75 Å². The fourth-order valence-electron chi connectivity index (χ4n) is 2.04. The van der Waals surface area contributed by atoms with Gasteiger partial charge in [0.25, 0.3) is 0 Å². The van der Waals surface area contributed by atoms with Crippen molar-refractivity contribution >= 4 is 5.91 Å². The normalized spacial score (nSPS) is 11.9. The van der Waals surface area contributed by atoms with Crippen molar-refractivity contribution in [3.63, 3.8) is 0 Å². The van der Waals surface area contributed by atoms with E-state index in [1.165, 1.54) is 5.56 Å². The molecule has 1 atom stereocenters. The number of ether oxygens (including phenoxy) is 1. The van der Waals surface area contributed by atoms with E-state index in [1.807, 2.05) is 19.2 Å². The monoisotopic (exact) mass is 278 g/mol. The summed E-state index contributed by atoms with van der Waals surface area (Å²) >= 11 is 0. The topological polar surface area (TPSA) is 50.4 Å². The highest BCUT2D eigenvalue weighted by Crippen LogP contribution is 2.21. The average Bonchev–Trinajstić information content (AvgIpc) is 2.47. The molecule has 0 spiro atoms. The third kappa shape index (κ3) is 6.06. The summed E-state index contributed by atoms with van der Waals surface area (Å²) in [6.07, 6.45) is 2.43. The van der Waals surface area contributed by atoms with Crippen LogP contribution in [0.3, 0.4) is 0 Å². The number of hydrogen-bond acceptors (Lipinski definition) is 3. The molecule has 0 saturated heterocycles. The summed E-state index contributed by atoms with van der Waals surface area (Å²) in [7, 11) is 3.57. The van der Waals surface area contributed by atoms with Crippen molar-refractivity contribution in [3.05, 3.63) is 29.8 Å². The van der Waals surface area contributed by atoms with Crippen LogP contribution in [0.1, 0.15) is 37.7 Å². The molecule has 0 aromatic heterocycles. The summed E-state index contributed by atoms with van der Waals surface area (Å²) in [4.78, 5) is 11.6. The number of hydrogen-bond donors (Lipinski definition) is 2. The van der Waals surface area contributed by atoms with Crippen LogP contribution in [0.4, 0.5) is 0 Å². The standard InChI is InChI=1S/C16H26N2O2/c1-13(14-6-8-15(20-3)9-7-14)10-12-18-16(19)5-4-11-17-2/h6-9,13,17H,4-5,10-12H2,1-3H3,(H,18,19). The largest absolute Gasteiger partial charge is 0.497 e. The first-order chi connectivity index (χ1) is 9.67. The summed E-state index contributed by atoms with van der Waals surface area (Å²) in [5, 5.41) is 6.01. The van der Waals surface area contributed by atoms with E-state index in [9.17, 15) is 4.79 Å². The van der Waals surface area contributed by atoms with Crippen LogP contribution in [0.25, 0.3) is 0 Å². The molecule has 0 aliphatic heterocycles. The van der Waals surface area contributed by atoms with Crippen LogP contribution in [0.2, 0.25) is 0 Å². The highest BCUT2D eigenvalue weighted by Gasteiger charge is 2.07. The molecule has 1 aromatic rings. The van der Waals surface area contributed by atoms with Crippen molar-refractivity contribution in [1.82, 2.24) is 10.6 Å². The van der Waals surface area contributed by atoms with E-state index < -0.39 is 0 Å². The van der Waals surface area contributed by atoms with E-state index in [0.717, 1.165) is 31.7 Å². The molecule has 0 heterocycles. The van der Waals surface area contributed by atoms with Gasteiger partial charge in [-0.1, -0.05) is 19.1 Å². The van der Waals surface area contributed by atoms with Crippen LogP contribution in [0.5, 0.6) is 5.75 Å². The number of amides is 1. The zero-order chi connectivity index (χ0) is 14.8. The van der Waals surface area contributed by atoms with Crippen LogP contribution < -0.4 is 15.4 Å². The minimum absolute atomic E-state index is 0.141. The lowest BCUT2D eigenvalue weighted by Gasteiger charge is -2.13. The molecule has 1 aromatic carbocycles. The zero-order valence-electron chi connectivity index (χ0n) is 12.7. The Morgan fingerprint density at radius 1 is 1.25 bits per heavy atom. The maximum atomic E-state index is 11.6. The maximum absolute atomic E-state index is 11.6. The van der Waals surface area contributed by atoms with Crippen LogP contribution >= 0.6 is 0 Å². The number of rotatable bonds is 9. The molecule has 1 amide bonds. The predicted molar refractivity (Wildman–Crippen MR) is 82.2 cm³/mol. The van der Waals surface area contributed by atoms with Crippen LogP contribution in [0, 0.1) is 0 Å². The van der Waals surface area contributed by atoms with E-state index in [2.05, 4.69) is 29.7 Å². The average molecular weight is 278 g/mol. The number of carbonyl (C=O) groups excluding carboxylic acids is 1. The lowest BCUT2D eigenvalue weighted by atomic mass is 9.98. The van der Waals surface area contributed by atoms with E-state index in [-0.39, 0.29) is 5.91 Å². The van der Waals surface area contributed by atoms with E-state index >= 15 is 0 Å². The van der Waals surface area contributed by atoms with Crippen molar-refractivity contribution in [2.45, 2.75) is 32.1 Å². The second-order valence-electron chi connectivity index (χ2n) is 5.02. The van der Waals surface area contributed by atoms with Gasteiger partial charge in [0.05, 0.1) is 7.11 Å². The highest BCUT2D eigenvalue weighted by molar-refractivity contribution is 5.75. The number of methoxy groups -OCH3 is 1. The Bertz CT molecular complexity index is 390. The molecular formula is C16H26N2O2. The van der Waals surface area contributed by atoms with Gasteiger partial charge in [-0.25, -0.2) is 0 Å². The molecule has 4 nitrogen and oxygen atoms in total.